The van der Waals surface area contributed by atoms with Gasteiger partial charge in [0.2, 0.25) is 0 Å². The molecule has 116 valence electrons. The van der Waals surface area contributed by atoms with Crippen molar-refractivity contribution in [2.75, 3.05) is 19.9 Å². The molecule has 0 bridgehead atoms. The first-order valence-electron chi connectivity index (χ1n) is 7.39. The molecule has 0 heterocycles. The molecule has 1 aromatic carbocycles. The molecule has 0 radical (unpaired) electrons. The maximum atomic E-state index is 11.1. The van der Waals surface area contributed by atoms with E-state index in [9.17, 15) is 10.1 Å². The predicted octanol–water partition coefficient (Wildman–Crippen LogP) is 2.86. The van der Waals surface area contributed by atoms with Gasteiger partial charge in [-0.2, -0.15) is 0 Å². The van der Waals surface area contributed by atoms with E-state index in [4.69, 9.17) is 9.47 Å². The fraction of sp³-hybridized carbons (Fsp3) is 0.600. The van der Waals surface area contributed by atoms with Crippen LogP contribution < -0.4 is 10.1 Å². The molecule has 1 aliphatic rings. The lowest BCUT2D eigenvalue weighted by Gasteiger charge is -2.09. The number of rotatable bonds is 10. The first-order valence-corrected chi connectivity index (χ1v) is 7.39. The molecule has 0 saturated heterocycles. The van der Waals surface area contributed by atoms with Gasteiger partial charge in [0.25, 0.3) is 0 Å². The molecule has 6 heteroatoms. The summed E-state index contributed by atoms with van der Waals surface area (Å²) in [4.78, 5) is 10.7. The number of nitrogens with zero attached hydrogens (tertiary/aromatic N) is 1. The van der Waals surface area contributed by atoms with Gasteiger partial charge in [0.05, 0.1) is 11.5 Å². The van der Waals surface area contributed by atoms with Crippen LogP contribution in [0.25, 0.3) is 0 Å². The van der Waals surface area contributed by atoms with Crippen molar-refractivity contribution >= 4 is 5.69 Å². The summed E-state index contributed by atoms with van der Waals surface area (Å²) < 4.78 is 10.7. The highest BCUT2D eigenvalue weighted by atomic mass is 16.7. The van der Waals surface area contributed by atoms with Crippen LogP contribution in [0.1, 0.15) is 31.7 Å². The van der Waals surface area contributed by atoms with Crippen molar-refractivity contribution in [1.82, 2.24) is 5.32 Å². The largest absolute Gasteiger partial charge is 0.460 e. The van der Waals surface area contributed by atoms with Crippen LogP contribution in [0.5, 0.6) is 5.75 Å². The van der Waals surface area contributed by atoms with Gasteiger partial charge in [-0.1, -0.05) is 13.0 Å². The third-order valence-corrected chi connectivity index (χ3v) is 3.32. The molecule has 0 spiro atoms. The van der Waals surface area contributed by atoms with E-state index >= 15 is 0 Å². The highest BCUT2D eigenvalue weighted by molar-refractivity contribution is 5.48. The lowest BCUT2D eigenvalue weighted by atomic mass is 10.2. The number of benzene rings is 1. The Balaban J connectivity index is 1.89. The molecular formula is C15H22N2O4. The summed E-state index contributed by atoms with van der Waals surface area (Å²) in [7, 11) is 0. The maximum absolute atomic E-state index is 11.1. The van der Waals surface area contributed by atoms with Crippen molar-refractivity contribution in [1.29, 1.82) is 0 Å². The summed E-state index contributed by atoms with van der Waals surface area (Å²) in [5.41, 5.74) is 0.863. The third-order valence-electron chi connectivity index (χ3n) is 3.32. The van der Waals surface area contributed by atoms with Crippen molar-refractivity contribution in [3.05, 3.63) is 33.9 Å². The van der Waals surface area contributed by atoms with E-state index in [1.807, 2.05) is 6.07 Å². The van der Waals surface area contributed by atoms with E-state index in [0.717, 1.165) is 18.5 Å². The topological polar surface area (TPSA) is 73.6 Å². The summed E-state index contributed by atoms with van der Waals surface area (Å²) in [6.07, 6.45) is 3.45. The molecule has 21 heavy (non-hydrogen) atoms. The fourth-order valence-electron chi connectivity index (χ4n) is 1.95. The average Bonchev–Trinajstić information content (AvgIpc) is 3.29. The molecule has 2 rings (SSSR count). The minimum absolute atomic E-state index is 0.0131. The zero-order valence-electron chi connectivity index (χ0n) is 12.3. The zero-order chi connectivity index (χ0) is 15.1. The SMILES string of the molecule is CCCNCc1ccc(OCOCC2CC2)c([N+](=O)[O-])c1. The molecule has 0 aliphatic heterocycles. The summed E-state index contributed by atoms with van der Waals surface area (Å²) in [6.45, 7) is 4.32. The number of nitrogens with one attached hydrogen (secondary N) is 1. The van der Waals surface area contributed by atoms with Gasteiger partial charge in [-0.15, -0.1) is 0 Å². The van der Waals surface area contributed by atoms with E-state index in [1.54, 1.807) is 12.1 Å². The number of nitro groups is 1. The second-order valence-electron chi connectivity index (χ2n) is 5.31. The van der Waals surface area contributed by atoms with Gasteiger partial charge in [-0.05, 0) is 43.4 Å². The van der Waals surface area contributed by atoms with Crippen LogP contribution in [-0.2, 0) is 11.3 Å². The minimum Gasteiger partial charge on any atom is -0.460 e. The number of hydrogen-bond donors (Lipinski definition) is 1. The van der Waals surface area contributed by atoms with Crippen LogP contribution in [0.3, 0.4) is 0 Å². The smallest absolute Gasteiger partial charge is 0.311 e. The van der Waals surface area contributed by atoms with Crippen molar-refractivity contribution < 1.29 is 14.4 Å². The molecule has 1 N–H and O–H groups in total. The average molecular weight is 294 g/mol. The van der Waals surface area contributed by atoms with Gasteiger partial charge in [0, 0.05) is 12.6 Å². The van der Waals surface area contributed by atoms with E-state index in [1.165, 1.54) is 12.8 Å². The monoisotopic (exact) mass is 294 g/mol. The van der Waals surface area contributed by atoms with Crippen LogP contribution in [0.15, 0.2) is 18.2 Å². The summed E-state index contributed by atoms with van der Waals surface area (Å²) in [6, 6.07) is 5.03. The number of hydrogen-bond acceptors (Lipinski definition) is 5. The predicted molar refractivity (Wildman–Crippen MR) is 79.3 cm³/mol. The van der Waals surface area contributed by atoms with E-state index in [0.29, 0.717) is 19.1 Å². The fourth-order valence-corrected chi connectivity index (χ4v) is 1.95. The minimum atomic E-state index is -0.417. The molecule has 0 unspecified atom stereocenters. The van der Waals surface area contributed by atoms with Gasteiger partial charge >= 0.3 is 5.69 Å². The Hall–Kier alpha value is -1.66. The number of ether oxygens (including phenoxy) is 2. The molecule has 0 amide bonds. The highest BCUT2D eigenvalue weighted by Crippen LogP contribution is 2.30. The first kappa shape index (κ1) is 15.7. The van der Waals surface area contributed by atoms with Crippen LogP contribution >= 0.6 is 0 Å². The first-order chi connectivity index (χ1) is 10.2. The molecule has 1 aliphatic carbocycles. The maximum Gasteiger partial charge on any atom is 0.311 e. The Morgan fingerprint density at radius 2 is 2.24 bits per heavy atom. The Morgan fingerprint density at radius 3 is 2.90 bits per heavy atom. The van der Waals surface area contributed by atoms with Crippen molar-refractivity contribution in [3.8, 4) is 5.75 Å². The van der Waals surface area contributed by atoms with Gasteiger partial charge in [-0.3, -0.25) is 10.1 Å². The third kappa shape index (κ3) is 5.32. The lowest BCUT2D eigenvalue weighted by Crippen LogP contribution is -2.14. The molecule has 0 atom stereocenters. The zero-order valence-corrected chi connectivity index (χ0v) is 12.3. The Labute approximate surface area is 124 Å². The Kier molecular flexibility index (Phi) is 5.95. The summed E-state index contributed by atoms with van der Waals surface area (Å²) in [5, 5.41) is 14.3. The summed E-state index contributed by atoms with van der Waals surface area (Å²) >= 11 is 0. The molecule has 1 aromatic rings. The molecule has 6 nitrogen and oxygen atoms in total. The van der Waals surface area contributed by atoms with Gasteiger partial charge < -0.3 is 14.8 Å². The highest BCUT2D eigenvalue weighted by Gasteiger charge is 2.21. The van der Waals surface area contributed by atoms with E-state index in [-0.39, 0.29) is 18.2 Å². The molecule has 1 saturated carbocycles. The van der Waals surface area contributed by atoms with E-state index in [2.05, 4.69) is 12.2 Å². The van der Waals surface area contributed by atoms with Gasteiger partial charge in [0.1, 0.15) is 0 Å². The van der Waals surface area contributed by atoms with Gasteiger partial charge in [0.15, 0.2) is 12.5 Å². The molecule has 1 fully saturated rings. The standard InChI is InChI=1S/C15H22N2O4/c1-2-7-16-9-13-5-6-15(14(8-13)17(18)19)21-11-20-10-12-3-4-12/h5-6,8,12,16H,2-4,7,9-11H2,1H3. The number of nitro benzene ring substituents is 1. The molecule has 0 aromatic heterocycles. The lowest BCUT2D eigenvalue weighted by molar-refractivity contribution is -0.386. The quantitative estimate of drug-likeness (QED) is 0.311. The van der Waals surface area contributed by atoms with Crippen LogP contribution in [0.2, 0.25) is 0 Å². The van der Waals surface area contributed by atoms with Crippen molar-refractivity contribution in [2.45, 2.75) is 32.7 Å². The molecular weight excluding hydrogens is 272 g/mol. The van der Waals surface area contributed by atoms with Crippen molar-refractivity contribution in [3.63, 3.8) is 0 Å². The summed E-state index contributed by atoms with van der Waals surface area (Å²) in [5.74, 6) is 0.908. The van der Waals surface area contributed by atoms with Crippen LogP contribution in [0.4, 0.5) is 5.69 Å². The van der Waals surface area contributed by atoms with Crippen molar-refractivity contribution in [2.24, 2.45) is 5.92 Å². The normalized spacial score (nSPS) is 14.1. The van der Waals surface area contributed by atoms with Gasteiger partial charge in [-0.25, -0.2) is 0 Å². The van der Waals surface area contributed by atoms with Crippen LogP contribution in [0, 0.1) is 16.0 Å². The second kappa shape index (κ2) is 7.95. The Bertz CT molecular complexity index is 475. The van der Waals surface area contributed by atoms with E-state index < -0.39 is 4.92 Å². The second-order valence-corrected chi connectivity index (χ2v) is 5.31. The van der Waals surface area contributed by atoms with Crippen LogP contribution in [-0.4, -0.2) is 24.9 Å². The Morgan fingerprint density at radius 1 is 1.43 bits per heavy atom.